The lowest BCUT2D eigenvalue weighted by Crippen LogP contribution is -1.98. The molecule has 78 valence electrons. The molecule has 1 aromatic rings. The summed E-state index contributed by atoms with van der Waals surface area (Å²) in [6.07, 6.45) is 1.68. The average Bonchev–Trinajstić information content (AvgIpc) is 2.21. The van der Waals surface area contributed by atoms with Gasteiger partial charge in [-0.3, -0.25) is 4.98 Å². The average molecular weight is 192 g/mol. The minimum atomic E-state index is 0.435. The van der Waals surface area contributed by atoms with Crippen LogP contribution in [0.3, 0.4) is 0 Å². The van der Waals surface area contributed by atoms with Crippen LogP contribution in [0.4, 0.5) is 5.69 Å². The number of nitrogens with two attached hydrogens (primary N) is 1. The van der Waals surface area contributed by atoms with Gasteiger partial charge in [-0.2, -0.15) is 0 Å². The van der Waals surface area contributed by atoms with Crippen molar-refractivity contribution in [1.82, 2.24) is 4.98 Å². The monoisotopic (exact) mass is 192 g/mol. The second-order valence-corrected chi connectivity index (χ2v) is 3.07. The van der Waals surface area contributed by atoms with Gasteiger partial charge in [-0.15, -0.1) is 0 Å². The first-order valence-corrected chi connectivity index (χ1v) is 5.04. The number of anilines is 1. The van der Waals surface area contributed by atoms with Crippen molar-refractivity contribution < 1.29 is 0 Å². The van der Waals surface area contributed by atoms with Gasteiger partial charge in [-0.05, 0) is 24.1 Å². The van der Waals surface area contributed by atoms with E-state index in [2.05, 4.69) is 25.4 Å². The predicted octanol–water partition coefficient (Wildman–Crippen LogP) is 3.46. The SMILES string of the molecule is C=Cc1nc(C(C)C)ccc1N.CC. The van der Waals surface area contributed by atoms with Crippen LogP contribution in [0.2, 0.25) is 0 Å². The fourth-order valence-corrected chi connectivity index (χ4v) is 0.986. The molecular weight excluding hydrogens is 172 g/mol. The number of hydrogen-bond acceptors (Lipinski definition) is 2. The van der Waals surface area contributed by atoms with Crippen molar-refractivity contribution in [3.63, 3.8) is 0 Å². The molecule has 2 heteroatoms. The van der Waals surface area contributed by atoms with Crippen molar-refractivity contribution in [2.45, 2.75) is 33.6 Å². The standard InChI is InChI=1S/C10H14N2.C2H6/c1-4-9-8(11)5-6-10(12-9)7(2)3;1-2/h4-7H,1,11H2,2-3H3;1-2H3. The molecule has 2 nitrogen and oxygen atoms in total. The Kier molecular flexibility index (Phi) is 5.61. The van der Waals surface area contributed by atoms with Crippen molar-refractivity contribution >= 4 is 11.8 Å². The molecule has 2 N–H and O–H groups in total. The zero-order valence-electron chi connectivity index (χ0n) is 9.54. The Morgan fingerprint density at radius 2 is 1.93 bits per heavy atom. The van der Waals surface area contributed by atoms with Gasteiger partial charge in [0.1, 0.15) is 0 Å². The smallest absolute Gasteiger partial charge is 0.0856 e. The molecule has 1 rings (SSSR count). The third-order valence-corrected chi connectivity index (χ3v) is 1.76. The van der Waals surface area contributed by atoms with E-state index in [-0.39, 0.29) is 0 Å². The van der Waals surface area contributed by atoms with E-state index in [1.807, 2.05) is 26.0 Å². The first-order chi connectivity index (χ1) is 6.65. The van der Waals surface area contributed by atoms with Gasteiger partial charge in [0.25, 0.3) is 0 Å². The van der Waals surface area contributed by atoms with Crippen LogP contribution in [0.5, 0.6) is 0 Å². The van der Waals surface area contributed by atoms with Crippen LogP contribution < -0.4 is 5.73 Å². The molecule has 0 saturated heterocycles. The first kappa shape index (κ1) is 12.7. The number of aromatic nitrogens is 1. The minimum absolute atomic E-state index is 0.435. The molecule has 0 aromatic carbocycles. The highest BCUT2D eigenvalue weighted by Crippen LogP contribution is 2.16. The van der Waals surface area contributed by atoms with Crippen molar-refractivity contribution in [1.29, 1.82) is 0 Å². The summed E-state index contributed by atoms with van der Waals surface area (Å²) < 4.78 is 0. The molecule has 0 spiro atoms. The van der Waals surface area contributed by atoms with Crippen LogP contribution in [0.15, 0.2) is 18.7 Å². The number of nitrogens with zero attached hydrogens (tertiary/aromatic N) is 1. The molecule has 0 aliphatic heterocycles. The molecule has 0 radical (unpaired) electrons. The third kappa shape index (κ3) is 3.21. The Morgan fingerprint density at radius 1 is 1.36 bits per heavy atom. The van der Waals surface area contributed by atoms with E-state index in [0.29, 0.717) is 11.6 Å². The second kappa shape index (κ2) is 6.19. The molecule has 1 heterocycles. The number of nitrogen functional groups attached to an aromatic ring is 1. The summed E-state index contributed by atoms with van der Waals surface area (Å²) in [4.78, 5) is 4.35. The lowest BCUT2D eigenvalue weighted by molar-refractivity contribution is 0.822. The van der Waals surface area contributed by atoms with Crippen LogP contribution in [0.25, 0.3) is 6.08 Å². The second-order valence-electron chi connectivity index (χ2n) is 3.07. The van der Waals surface area contributed by atoms with Gasteiger partial charge < -0.3 is 5.73 Å². The molecule has 0 aliphatic carbocycles. The maximum Gasteiger partial charge on any atom is 0.0856 e. The van der Waals surface area contributed by atoms with Gasteiger partial charge in [-0.1, -0.05) is 34.3 Å². The van der Waals surface area contributed by atoms with E-state index in [4.69, 9.17) is 5.73 Å². The zero-order chi connectivity index (χ0) is 11.1. The fraction of sp³-hybridized carbons (Fsp3) is 0.417. The Balaban J connectivity index is 0.000000791. The Morgan fingerprint density at radius 3 is 2.36 bits per heavy atom. The summed E-state index contributed by atoms with van der Waals surface area (Å²) in [7, 11) is 0. The first-order valence-electron chi connectivity index (χ1n) is 5.04. The van der Waals surface area contributed by atoms with Gasteiger partial charge in [-0.25, -0.2) is 0 Å². The summed E-state index contributed by atoms with van der Waals surface area (Å²) in [5, 5.41) is 0. The minimum Gasteiger partial charge on any atom is -0.397 e. The quantitative estimate of drug-likeness (QED) is 0.779. The van der Waals surface area contributed by atoms with Crippen LogP contribution in [-0.2, 0) is 0 Å². The maximum atomic E-state index is 5.67. The third-order valence-electron chi connectivity index (χ3n) is 1.76. The highest BCUT2D eigenvalue weighted by Gasteiger charge is 2.02. The lowest BCUT2D eigenvalue weighted by atomic mass is 10.1. The molecule has 0 bridgehead atoms. The topological polar surface area (TPSA) is 38.9 Å². The Labute approximate surface area is 86.9 Å². The molecule has 0 saturated carbocycles. The number of pyridine rings is 1. The van der Waals surface area contributed by atoms with Crippen LogP contribution >= 0.6 is 0 Å². The number of rotatable bonds is 2. The maximum absolute atomic E-state index is 5.67. The van der Waals surface area contributed by atoms with Crippen LogP contribution in [0, 0.1) is 0 Å². The van der Waals surface area contributed by atoms with Crippen molar-refractivity contribution in [3.05, 3.63) is 30.1 Å². The van der Waals surface area contributed by atoms with E-state index in [9.17, 15) is 0 Å². The molecule has 0 atom stereocenters. The summed E-state index contributed by atoms with van der Waals surface area (Å²) in [6, 6.07) is 3.83. The summed E-state index contributed by atoms with van der Waals surface area (Å²) in [5.41, 5.74) is 8.19. The molecule has 14 heavy (non-hydrogen) atoms. The summed E-state index contributed by atoms with van der Waals surface area (Å²) in [5.74, 6) is 0.435. The molecule has 0 unspecified atom stereocenters. The van der Waals surface area contributed by atoms with Crippen molar-refractivity contribution in [3.8, 4) is 0 Å². The fourth-order valence-electron chi connectivity index (χ4n) is 0.986. The Hall–Kier alpha value is -1.31. The normalized spacial score (nSPS) is 9.21. The lowest BCUT2D eigenvalue weighted by Gasteiger charge is -2.06. The molecule has 0 aliphatic rings. The van der Waals surface area contributed by atoms with E-state index in [1.54, 1.807) is 6.08 Å². The number of hydrogen-bond donors (Lipinski definition) is 1. The highest BCUT2D eigenvalue weighted by atomic mass is 14.8. The van der Waals surface area contributed by atoms with E-state index in [0.717, 1.165) is 11.4 Å². The molecule has 0 amide bonds. The van der Waals surface area contributed by atoms with Crippen molar-refractivity contribution in [2.75, 3.05) is 5.73 Å². The van der Waals surface area contributed by atoms with Crippen LogP contribution in [-0.4, -0.2) is 4.98 Å². The Bertz CT molecular complexity index is 290. The predicted molar refractivity (Wildman–Crippen MR) is 64.2 cm³/mol. The van der Waals surface area contributed by atoms with Gasteiger partial charge in [0.2, 0.25) is 0 Å². The van der Waals surface area contributed by atoms with E-state index < -0.39 is 0 Å². The van der Waals surface area contributed by atoms with E-state index >= 15 is 0 Å². The van der Waals surface area contributed by atoms with Gasteiger partial charge in [0, 0.05) is 5.69 Å². The molecule has 0 fully saturated rings. The van der Waals surface area contributed by atoms with E-state index in [1.165, 1.54) is 0 Å². The summed E-state index contributed by atoms with van der Waals surface area (Å²) in [6.45, 7) is 11.9. The van der Waals surface area contributed by atoms with Gasteiger partial charge in [0.15, 0.2) is 0 Å². The summed E-state index contributed by atoms with van der Waals surface area (Å²) >= 11 is 0. The van der Waals surface area contributed by atoms with Gasteiger partial charge in [0.05, 0.1) is 11.4 Å². The highest BCUT2D eigenvalue weighted by molar-refractivity contribution is 5.59. The van der Waals surface area contributed by atoms with Crippen LogP contribution in [0.1, 0.15) is 45.0 Å². The zero-order valence-corrected chi connectivity index (χ0v) is 9.54. The molecule has 1 aromatic heterocycles. The molecular formula is C12H20N2. The van der Waals surface area contributed by atoms with Gasteiger partial charge >= 0.3 is 0 Å². The van der Waals surface area contributed by atoms with Crippen molar-refractivity contribution in [2.24, 2.45) is 0 Å². The largest absolute Gasteiger partial charge is 0.397 e.